The van der Waals surface area contributed by atoms with Crippen LogP contribution in [0.15, 0.2) is 34.3 Å². The van der Waals surface area contributed by atoms with Crippen molar-refractivity contribution in [3.63, 3.8) is 0 Å². The first-order chi connectivity index (χ1) is 31.1. The molecule has 0 radical (unpaired) electrons. The lowest BCUT2D eigenvalue weighted by Crippen LogP contribution is -2.61. The van der Waals surface area contributed by atoms with E-state index in [1.165, 1.54) is 20.8 Å². The van der Waals surface area contributed by atoms with E-state index in [-0.39, 0.29) is 24.3 Å². The van der Waals surface area contributed by atoms with Crippen molar-refractivity contribution in [1.82, 2.24) is 41.6 Å². The van der Waals surface area contributed by atoms with Crippen molar-refractivity contribution in [3.8, 4) is 0 Å². The van der Waals surface area contributed by atoms with Gasteiger partial charge in [-0.1, -0.05) is 39.0 Å². The number of nitrogens with zero attached hydrogens (tertiary/aromatic N) is 3. The van der Waals surface area contributed by atoms with E-state index >= 15 is 0 Å². The van der Waals surface area contributed by atoms with Crippen molar-refractivity contribution in [1.29, 1.82) is 0 Å². The number of para-hydroxylation sites is 1. The van der Waals surface area contributed by atoms with Crippen LogP contribution in [0.1, 0.15) is 59.4 Å². The Morgan fingerprint density at radius 1 is 1.06 bits per heavy atom. The second-order valence-corrected chi connectivity index (χ2v) is 17.5. The number of aliphatic hydroxyl groups is 3. The van der Waals surface area contributed by atoms with Crippen LogP contribution in [0, 0.1) is 11.8 Å². The van der Waals surface area contributed by atoms with Crippen LogP contribution < -0.4 is 38.2 Å². The molecule has 1 aromatic heterocycles. The number of primary amides is 1. The van der Waals surface area contributed by atoms with E-state index in [4.69, 9.17) is 11.5 Å². The number of aliphatic carboxylic acids is 1. The Labute approximate surface area is 383 Å². The molecule has 2 aliphatic heterocycles. The summed E-state index contributed by atoms with van der Waals surface area (Å²) in [4.78, 5) is 129. The van der Waals surface area contributed by atoms with E-state index in [0.29, 0.717) is 27.9 Å². The van der Waals surface area contributed by atoms with E-state index in [9.17, 15) is 63.6 Å². The zero-order chi connectivity index (χ0) is 49.2. The van der Waals surface area contributed by atoms with Crippen molar-refractivity contribution >= 4 is 81.7 Å². The third-order valence-electron chi connectivity index (χ3n) is 11.3. The number of nitrogens with two attached hydrogens (primary N) is 2. The number of carbonyl (C=O) groups excluding carboxylic acids is 8. The quantitative estimate of drug-likeness (QED) is 0.0897. The van der Waals surface area contributed by atoms with Gasteiger partial charge in [-0.25, -0.2) is 19.6 Å². The first-order valence-corrected chi connectivity index (χ1v) is 22.2. The van der Waals surface area contributed by atoms with Gasteiger partial charge in [-0.15, -0.1) is 11.8 Å². The molecule has 1 unspecified atom stereocenters. The monoisotopic (exact) mass is 945 g/mol. The molecule has 9 amide bonds. The van der Waals surface area contributed by atoms with Gasteiger partial charge in [0.2, 0.25) is 29.5 Å². The van der Waals surface area contributed by atoms with E-state index in [0.717, 1.165) is 21.7 Å². The Kier molecular flexibility index (Phi) is 18.6. The molecule has 9 atom stereocenters. The summed E-state index contributed by atoms with van der Waals surface area (Å²) in [6.07, 6.45) is -3.70. The number of aliphatic imine (C=N–C) groups is 1. The topological polar surface area (TPSA) is 381 Å². The maximum absolute atomic E-state index is 14.4. The molecule has 25 heteroatoms. The van der Waals surface area contributed by atoms with E-state index < -0.39 is 140 Å². The number of hydrogen-bond acceptors (Lipinski definition) is 14. The number of amides is 9. The van der Waals surface area contributed by atoms with Gasteiger partial charge in [-0.05, 0) is 31.9 Å². The third-order valence-corrected chi connectivity index (χ3v) is 12.4. The number of hydrogen-bond donors (Lipinski definition) is 12. The minimum absolute atomic E-state index is 0.280. The standard InChI is InChI=1S/C41H59N11O13S/c1-6-19(4)33-37(61)50-52(18(2)3)41(65)48-27(35(59)46-26(13-30(42)56)39(62)51-15-21(54)11-28(51)40(63)64)17-66-38-23(22-9-7-8-10-24(22)47-38)12-25(34(58)44-14-31(57)49-33)45-36(60)32(43)20(5)29(55)16-53/h7-10,18-21,25-29,32,47,53-55H,6,11-17,43H2,1-5H3,(H2,42,56)(H,44,58)(H,45,60)(H,46,59)(H,48,65)(H,50,61)(H,63,64)/t19-,20-,21+,25-,26-,27?,28-,29-,32-/m0/s1. The predicted molar refractivity (Wildman–Crippen MR) is 237 cm³/mol. The number of carbonyl (C=O) groups is 9. The van der Waals surface area contributed by atoms with Gasteiger partial charge < -0.3 is 63.0 Å². The molecule has 0 aliphatic carbocycles. The van der Waals surface area contributed by atoms with E-state index in [1.54, 1.807) is 38.1 Å². The summed E-state index contributed by atoms with van der Waals surface area (Å²) in [6, 6.07) is -2.75. The summed E-state index contributed by atoms with van der Waals surface area (Å²) in [6.45, 7) is 5.96. The normalized spacial score (nSPS) is 22.6. The molecule has 14 N–H and O–H groups in total. The molecule has 1 saturated heterocycles. The Balaban J connectivity index is 1.84. The predicted octanol–water partition coefficient (Wildman–Crippen LogP) is -3.03. The summed E-state index contributed by atoms with van der Waals surface area (Å²) >= 11 is 0.954. The summed E-state index contributed by atoms with van der Waals surface area (Å²) in [5, 5.41) is 51.4. The van der Waals surface area contributed by atoms with Crippen LogP contribution in [-0.4, -0.2) is 168 Å². The smallest absolute Gasteiger partial charge is 0.337 e. The number of aliphatic hydroxyl groups excluding tert-OH is 3. The van der Waals surface area contributed by atoms with Gasteiger partial charge in [-0.3, -0.25) is 39.0 Å². The second-order valence-electron chi connectivity index (χ2n) is 16.5. The number of benzene rings is 1. The first kappa shape index (κ1) is 52.5. The molecule has 3 heterocycles. The average Bonchev–Trinajstić information content (AvgIpc) is 3.84. The van der Waals surface area contributed by atoms with Gasteiger partial charge in [-0.2, -0.15) is 0 Å². The number of likely N-dealkylation sites (tertiary alicyclic amines) is 1. The Hall–Kier alpha value is -6.15. The number of H-pyrrole nitrogens is 1. The number of aromatic amines is 1. The van der Waals surface area contributed by atoms with Crippen LogP contribution in [0.2, 0.25) is 0 Å². The van der Waals surface area contributed by atoms with Gasteiger partial charge >= 0.3 is 12.0 Å². The molecule has 362 valence electrons. The highest BCUT2D eigenvalue weighted by Gasteiger charge is 2.43. The Morgan fingerprint density at radius 3 is 2.36 bits per heavy atom. The van der Waals surface area contributed by atoms with Gasteiger partial charge in [0.15, 0.2) is 0 Å². The Morgan fingerprint density at radius 2 is 1.74 bits per heavy atom. The minimum atomic E-state index is -1.76. The van der Waals surface area contributed by atoms with Crippen LogP contribution in [0.5, 0.6) is 0 Å². The zero-order valence-electron chi connectivity index (χ0n) is 37.1. The Bertz CT molecular complexity index is 2200. The highest BCUT2D eigenvalue weighted by atomic mass is 32.2. The second kappa shape index (κ2) is 23.3. The molecular formula is C41H59N11O13S. The van der Waals surface area contributed by atoms with Crippen molar-refractivity contribution in [3.05, 3.63) is 29.8 Å². The number of aromatic nitrogens is 1. The first-order valence-electron chi connectivity index (χ1n) is 21.2. The van der Waals surface area contributed by atoms with Gasteiger partial charge in [0.05, 0.1) is 42.8 Å². The summed E-state index contributed by atoms with van der Waals surface area (Å²) in [5.41, 5.74) is 14.7. The zero-order valence-corrected chi connectivity index (χ0v) is 37.9. The number of urea groups is 1. The van der Waals surface area contributed by atoms with Gasteiger partial charge in [0, 0.05) is 53.9 Å². The lowest BCUT2D eigenvalue weighted by molar-refractivity contribution is -0.149. The third kappa shape index (κ3) is 13.2. The van der Waals surface area contributed by atoms with Crippen LogP contribution >= 0.6 is 11.8 Å². The summed E-state index contributed by atoms with van der Waals surface area (Å²) in [5.74, 6) is -10.3. The molecule has 66 heavy (non-hydrogen) atoms. The van der Waals surface area contributed by atoms with Crippen molar-refractivity contribution < 1.29 is 63.6 Å². The van der Waals surface area contributed by atoms with E-state index in [2.05, 4.69) is 36.7 Å². The molecule has 0 saturated carbocycles. The molecule has 0 bridgehead atoms. The van der Waals surface area contributed by atoms with Crippen LogP contribution in [-0.2, 0) is 44.8 Å². The van der Waals surface area contributed by atoms with Crippen LogP contribution in [0.4, 0.5) is 4.79 Å². The van der Waals surface area contributed by atoms with E-state index in [1.807, 2.05) is 0 Å². The highest BCUT2D eigenvalue weighted by molar-refractivity contribution is 7.99. The maximum Gasteiger partial charge on any atom is 0.337 e. The number of hydrazine groups is 1. The molecule has 2 aromatic rings. The fraction of sp³-hybridized carbons (Fsp3) is 0.561. The van der Waals surface area contributed by atoms with Crippen molar-refractivity contribution in [2.75, 3.05) is 25.4 Å². The number of β-amino-alcohol motifs (C(OH)–C–C–N with tert-alkyl or cyclic N) is 1. The summed E-state index contributed by atoms with van der Waals surface area (Å²) < 4.78 is 0. The fourth-order valence-electron chi connectivity index (χ4n) is 7.18. The molecule has 24 nitrogen and oxygen atoms in total. The van der Waals surface area contributed by atoms with Gasteiger partial charge in [0.1, 0.15) is 29.9 Å². The van der Waals surface area contributed by atoms with Crippen LogP contribution in [0.3, 0.4) is 0 Å². The average molecular weight is 946 g/mol. The lowest BCUT2D eigenvalue weighted by Gasteiger charge is -2.31. The molecule has 0 spiro atoms. The van der Waals surface area contributed by atoms with Crippen molar-refractivity contribution in [2.24, 2.45) is 28.3 Å². The number of carboxylic acids is 1. The SMILES string of the molecule is CC[C@H](C)C1=NC(=O)CNC(=O)[C@@H](NC(=O)[C@@H](N)[C@@H](C)[C@@H](O)CO)Cc2c([nH]c3ccccc23)SCC(C(=O)N[C@@H](CC(N)=O)C(=O)N2C[C@H](O)C[C@H]2C(=O)O)NC(=O)N(C(C)C)NC1=O. The fourth-order valence-corrected chi connectivity index (χ4v) is 8.30. The van der Waals surface area contributed by atoms with Crippen LogP contribution in [0.25, 0.3) is 10.9 Å². The lowest BCUT2D eigenvalue weighted by atomic mass is 9.95. The largest absolute Gasteiger partial charge is 0.480 e. The number of thioether (sulfide) groups is 1. The molecular weight excluding hydrogens is 887 g/mol. The minimum Gasteiger partial charge on any atom is -0.480 e. The van der Waals surface area contributed by atoms with Gasteiger partial charge in [0.25, 0.3) is 11.8 Å². The number of rotatable bonds is 14. The molecule has 2 aliphatic rings. The molecule has 4 rings (SSSR count). The number of carboxylic acid groups (broad SMARTS) is 1. The van der Waals surface area contributed by atoms with Crippen molar-refractivity contribution in [2.45, 2.75) is 114 Å². The number of nitrogens with one attached hydrogen (secondary N) is 6. The molecule has 1 fully saturated rings. The maximum atomic E-state index is 14.4. The summed E-state index contributed by atoms with van der Waals surface area (Å²) in [7, 11) is 0. The highest BCUT2D eigenvalue weighted by Crippen LogP contribution is 2.32. The molecule has 1 aromatic carbocycles. The number of fused-ring (bicyclic) bond motifs is 3.